The van der Waals surface area contributed by atoms with Crippen LogP contribution in [0.15, 0.2) is 84.1 Å². The number of rotatable bonds is 2. The van der Waals surface area contributed by atoms with Crippen molar-refractivity contribution in [1.82, 2.24) is 4.98 Å². The van der Waals surface area contributed by atoms with E-state index >= 15 is 0 Å². The average molecular weight is 444 g/mol. The number of hydrogen-bond donors (Lipinski definition) is 0. The zero-order chi connectivity index (χ0) is 22.9. The third-order valence-electron chi connectivity index (χ3n) is 6.58. The van der Waals surface area contributed by atoms with Crippen molar-refractivity contribution in [2.75, 3.05) is 6.61 Å². The van der Waals surface area contributed by atoms with Gasteiger partial charge in [-0.25, -0.2) is 4.99 Å². The van der Waals surface area contributed by atoms with E-state index in [1.165, 1.54) is 0 Å². The van der Waals surface area contributed by atoms with Crippen LogP contribution < -0.4 is 25.9 Å². The average Bonchev–Trinajstić information content (AvgIpc) is 3.23. The van der Waals surface area contributed by atoms with E-state index in [0.717, 1.165) is 56.1 Å². The maximum absolute atomic E-state index is 6.41. The normalized spacial score (nSPS) is 16.3. The predicted molar refractivity (Wildman–Crippen MR) is 134 cm³/mol. The molecule has 0 saturated heterocycles. The zero-order valence-electron chi connectivity index (χ0n) is 18.9. The highest BCUT2D eigenvalue weighted by Gasteiger charge is 2.40. The molecule has 6 heteroatoms. The third-order valence-corrected chi connectivity index (χ3v) is 6.58. The van der Waals surface area contributed by atoms with Gasteiger partial charge in [0.15, 0.2) is 0 Å². The molecule has 1 aromatic heterocycles. The summed E-state index contributed by atoms with van der Waals surface area (Å²) in [4.78, 5) is 9.18. The first-order chi connectivity index (χ1) is 16.6. The van der Waals surface area contributed by atoms with E-state index in [2.05, 4.69) is 61.3 Å². The van der Waals surface area contributed by atoms with Crippen molar-refractivity contribution < 1.29 is 14.2 Å². The lowest BCUT2D eigenvalue weighted by atomic mass is 9.35. The summed E-state index contributed by atoms with van der Waals surface area (Å²) < 4.78 is 18.7. The molecule has 7 rings (SSSR count). The molecule has 4 heterocycles. The first-order valence-electron chi connectivity index (χ1n) is 11.5. The van der Waals surface area contributed by atoms with E-state index in [4.69, 9.17) is 19.2 Å². The van der Waals surface area contributed by atoms with E-state index in [1.807, 2.05) is 30.5 Å². The van der Waals surface area contributed by atoms with Crippen molar-refractivity contribution in [3.8, 4) is 34.1 Å². The molecule has 34 heavy (non-hydrogen) atoms. The fourth-order valence-electron chi connectivity index (χ4n) is 5.01. The molecule has 0 atom stereocenters. The lowest BCUT2D eigenvalue weighted by Gasteiger charge is -2.33. The summed E-state index contributed by atoms with van der Waals surface area (Å²) in [5, 5.41) is 0. The number of aromatic nitrogens is 1. The Balaban J connectivity index is 1.38. The summed E-state index contributed by atoms with van der Waals surface area (Å²) in [5.74, 6) is 4.01. The number of fused-ring (bicyclic) bond motifs is 4. The Morgan fingerprint density at radius 2 is 1.35 bits per heavy atom. The Morgan fingerprint density at radius 3 is 1.97 bits per heavy atom. The standard InChI is InChI=1S/C28H21BN2O3/c1-28(2)16-32-27(31-28)19-11-18(14-30-15-19)17-12-24-26-25(13-17)34-23-10-6-4-8-21(23)29(26)20-7-3-5-9-22(20)33-24/h3-15H,16H2,1-2H3. The van der Waals surface area contributed by atoms with E-state index in [9.17, 15) is 0 Å². The van der Waals surface area contributed by atoms with Crippen LogP contribution in [0.25, 0.3) is 11.1 Å². The number of para-hydroxylation sites is 2. The van der Waals surface area contributed by atoms with Crippen LogP contribution in [0, 0.1) is 0 Å². The topological polar surface area (TPSA) is 52.9 Å². The SMILES string of the molecule is CC1(C)COC(c2cncc(-c3cc4c5c(c3)Oc3ccccc3B5c3ccccc3O4)c2)=N1. The minimum absolute atomic E-state index is 0.0712. The predicted octanol–water partition coefficient (Wildman–Crippen LogP) is 4.03. The molecule has 0 saturated carbocycles. The number of ether oxygens (including phenoxy) is 3. The fraction of sp³-hybridized carbons (Fsp3) is 0.143. The summed E-state index contributed by atoms with van der Waals surface area (Å²) in [7, 11) is 0. The van der Waals surface area contributed by atoms with Gasteiger partial charge in [0.05, 0.1) is 11.1 Å². The van der Waals surface area contributed by atoms with Gasteiger partial charge in [-0.15, -0.1) is 0 Å². The summed E-state index contributed by atoms with van der Waals surface area (Å²) in [6.07, 6.45) is 3.64. The summed E-state index contributed by atoms with van der Waals surface area (Å²) in [5.41, 5.74) is 5.94. The molecule has 3 aliphatic rings. The van der Waals surface area contributed by atoms with Gasteiger partial charge in [0.2, 0.25) is 5.90 Å². The highest BCUT2D eigenvalue weighted by Crippen LogP contribution is 2.38. The van der Waals surface area contributed by atoms with Crippen LogP contribution in [0.3, 0.4) is 0 Å². The molecule has 3 aliphatic heterocycles. The van der Waals surface area contributed by atoms with Gasteiger partial charge in [0, 0.05) is 23.4 Å². The van der Waals surface area contributed by atoms with Crippen molar-refractivity contribution in [2.24, 2.45) is 4.99 Å². The van der Waals surface area contributed by atoms with E-state index in [1.54, 1.807) is 6.20 Å². The molecule has 164 valence electrons. The number of aliphatic imine (C=N–C) groups is 1. The maximum Gasteiger partial charge on any atom is 0.260 e. The second kappa shape index (κ2) is 6.97. The van der Waals surface area contributed by atoms with Gasteiger partial charge < -0.3 is 14.2 Å². The highest BCUT2D eigenvalue weighted by atomic mass is 16.5. The van der Waals surface area contributed by atoms with Crippen molar-refractivity contribution in [3.63, 3.8) is 0 Å². The van der Waals surface area contributed by atoms with E-state index in [-0.39, 0.29) is 12.3 Å². The van der Waals surface area contributed by atoms with Gasteiger partial charge in [-0.3, -0.25) is 4.98 Å². The Hall–Kier alpha value is -4.06. The minimum atomic E-state index is -0.223. The van der Waals surface area contributed by atoms with E-state index < -0.39 is 0 Å². The number of benzene rings is 3. The smallest absolute Gasteiger partial charge is 0.260 e. The van der Waals surface area contributed by atoms with Crippen molar-refractivity contribution in [3.05, 3.63) is 84.7 Å². The van der Waals surface area contributed by atoms with Crippen LogP contribution in [0.1, 0.15) is 19.4 Å². The van der Waals surface area contributed by atoms with Gasteiger partial charge in [0.1, 0.15) is 29.6 Å². The third kappa shape index (κ3) is 2.95. The quantitative estimate of drug-likeness (QED) is 0.379. The largest absolute Gasteiger partial charge is 0.475 e. The Labute approximate surface area is 198 Å². The molecule has 0 unspecified atom stereocenters. The Kier molecular flexibility index (Phi) is 3.98. The second-order valence-corrected chi connectivity index (χ2v) is 9.58. The summed E-state index contributed by atoms with van der Waals surface area (Å²) >= 11 is 0. The van der Waals surface area contributed by atoms with Crippen LogP contribution in [0.2, 0.25) is 0 Å². The number of hydrogen-bond acceptors (Lipinski definition) is 5. The molecular weight excluding hydrogens is 423 g/mol. The fourth-order valence-corrected chi connectivity index (χ4v) is 5.01. The first kappa shape index (κ1) is 19.4. The zero-order valence-corrected chi connectivity index (χ0v) is 18.9. The molecule has 0 radical (unpaired) electrons. The molecule has 3 aromatic carbocycles. The molecule has 4 aromatic rings. The van der Waals surface area contributed by atoms with Gasteiger partial charge in [0.25, 0.3) is 6.71 Å². The lowest BCUT2D eigenvalue weighted by molar-refractivity contribution is 0.279. The molecule has 0 bridgehead atoms. The molecule has 0 fully saturated rings. The molecule has 0 aliphatic carbocycles. The van der Waals surface area contributed by atoms with Crippen LogP contribution in [-0.4, -0.2) is 29.7 Å². The van der Waals surface area contributed by atoms with Crippen LogP contribution in [-0.2, 0) is 4.74 Å². The monoisotopic (exact) mass is 444 g/mol. The first-order valence-corrected chi connectivity index (χ1v) is 11.5. The molecule has 0 spiro atoms. The number of pyridine rings is 1. The Bertz CT molecular complexity index is 1440. The lowest BCUT2D eigenvalue weighted by Crippen LogP contribution is -2.57. The van der Waals surface area contributed by atoms with Gasteiger partial charge in [-0.1, -0.05) is 36.4 Å². The van der Waals surface area contributed by atoms with E-state index in [0.29, 0.717) is 12.5 Å². The van der Waals surface area contributed by atoms with Crippen LogP contribution >= 0.6 is 0 Å². The minimum Gasteiger partial charge on any atom is -0.475 e. The maximum atomic E-state index is 6.41. The van der Waals surface area contributed by atoms with Gasteiger partial charge in [-0.2, -0.15) is 0 Å². The van der Waals surface area contributed by atoms with Gasteiger partial charge in [-0.05, 0) is 60.7 Å². The van der Waals surface area contributed by atoms with Crippen molar-refractivity contribution >= 4 is 29.0 Å². The van der Waals surface area contributed by atoms with Crippen LogP contribution in [0.4, 0.5) is 0 Å². The Morgan fingerprint density at radius 1 is 0.735 bits per heavy atom. The van der Waals surface area contributed by atoms with Crippen molar-refractivity contribution in [2.45, 2.75) is 19.4 Å². The van der Waals surface area contributed by atoms with Crippen LogP contribution in [0.5, 0.6) is 23.0 Å². The summed E-state index contributed by atoms with van der Waals surface area (Å²) in [6.45, 7) is 4.76. The molecule has 0 N–H and O–H groups in total. The number of nitrogens with zero attached hydrogens (tertiary/aromatic N) is 2. The molecular formula is C28H21BN2O3. The summed E-state index contributed by atoms with van der Waals surface area (Å²) in [6, 6.07) is 22.7. The molecule has 5 nitrogen and oxygen atoms in total. The van der Waals surface area contributed by atoms with Gasteiger partial charge >= 0.3 is 0 Å². The molecule has 0 amide bonds. The van der Waals surface area contributed by atoms with Crippen molar-refractivity contribution in [1.29, 1.82) is 0 Å². The highest BCUT2D eigenvalue weighted by molar-refractivity contribution is 6.98. The second-order valence-electron chi connectivity index (χ2n) is 9.58.